The minimum absolute atomic E-state index is 0.339. The van der Waals surface area contributed by atoms with Crippen LogP contribution < -0.4 is 9.80 Å². The molecule has 4 heterocycles. The summed E-state index contributed by atoms with van der Waals surface area (Å²) in [6.07, 6.45) is 6.46. The van der Waals surface area contributed by atoms with Gasteiger partial charge in [-0.25, -0.2) is 19.9 Å². The Balaban J connectivity index is 1.62. The third-order valence-corrected chi connectivity index (χ3v) is 9.38. The van der Waals surface area contributed by atoms with Crippen LogP contribution in [0, 0.1) is 0 Å². The molecule has 2 aromatic rings. The van der Waals surface area contributed by atoms with E-state index < -0.39 is 19.5 Å². The van der Waals surface area contributed by atoms with E-state index in [1.807, 2.05) is 27.7 Å². The lowest BCUT2D eigenvalue weighted by Crippen LogP contribution is -2.33. The monoisotopic (exact) mass is 584 g/mol. The van der Waals surface area contributed by atoms with Crippen LogP contribution in [-0.4, -0.2) is 46.1 Å². The fourth-order valence-corrected chi connectivity index (χ4v) is 7.08. The normalized spacial score (nSPS) is 16.7. The van der Waals surface area contributed by atoms with E-state index in [4.69, 9.17) is 42.2 Å². The first-order valence-electron chi connectivity index (χ1n) is 13.8. The van der Waals surface area contributed by atoms with Gasteiger partial charge in [-0.3, -0.25) is 13.6 Å². The number of rotatable bonds is 12. The average molecular weight is 586 g/mol. The van der Waals surface area contributed by atoms with Gasteiger partial charge in [0.15, 0.2) is 11.6 Å². The van der Waals surface area contributed by atoms with Crippen LogP contribution in [0.3, 0.4) is 0 Å². The first-order chi connectivity index (χ1) is 18.3. The van der Waals surface area contributed by atoms with Gasteiger partial charge in [-0.2, -0.15) is 0 Å². The molecule has 4 rings (SSSR count). The Bertz CT molecular complexity index is 1030. The van der Waals surface area contributed by atoms with Crippen molar-refractivity contribution in [1.82, 2.24) is 19.9 Å². The van der Waals surface area contributed by atoms with Gasteiger partial charge in [0.05, 0.1) is 0 Å². The van der Waals surface area contributed by atoms with Gasteiger partial charge in [0.1, 0.15) is 33.1 Å². The first-order valence-corrected chi connectivity index (χ1v) is 15.8. The molecule has 2 saturated heterocycles. The third-order valence-electron chi connectivity index (χ3n) is 7.88. The smallest absolute Gasteiger partial charge is 0.321 e. The summed E-state index contributed by atoms with van der Waals surface area (Å²) >= 11 is 12.9. The first kappa shape index (κ1) is 29.5. The molecule has 0 amide bonds. The SMILES string of the molecule is CCC(CC)(O[PH](=O)OC(CC)(CC)c1nc(Cl)cc(N2CCCC2)n1)c1nc(Cl)cc(N2CCCC2)n1. The van der Waals surface area contributed by atoms with Crippen molar-refractivity contribution in [2.45, 2.75) is 90.3 Å². The Labute approximate surface area is 236 Å². The van der Waals surface area contributed by atoms with Crippen LogP contribution in [0.15, 0.2) is 12.1 Å². The van der Waals surface area contributed by atoms with Gasteiger partial charge in [0, 0.05) is 38.3 Å². The lowest BCUT2D eigenvalue weighted by molar-refractivity contribution is -0.00959. The molecule has 12 heteroatoms. The molecule has 0 radical (unpaired) electrons. The van der Waals surface area contributed by atoms with E-state index in [0.717, 1.165) is 63.5 Å². The quantitative estimate of drug-likeness (QED) is 0.194. The van der Waals surface area contributed by atoms with Crippen LogP contribution >= 0.6 is 31.5 Å². The van der Waals surface area contributed by atoms with Gasteiger partial charge in [-0.15, -0.1) is 0 Å². The Morgan fingerprint density at radius 3 is 1.37 bits per heavy atom. The summed E-state index contributed by atoms with van der Waals surface area (Å²) in [7, 11) is -3.06. The molecule has 0 atom stereocenters. The number of aromatic nitrogens is 4. The molecule has 2 aliphatic rings. The lowest BCUT2D eigenvalue weighted by Gasteiger charge is -2.34. The zero-order valence-corrected chi connectivity index (χ0v) is 25.3. The Morgan fingerprint density at radius 2 is 1.05 bits per heavy atom. The van der Waals surface area contributed by atoms with Crippen molar-refractivity contribution >= 4 is 43.1 Å². The standard InChI is InChI=1S/C26H39Cl2N6O3P/c1-5-25(6-2,23-29-19(27)17-21(31-23)33-13-9-10-14-33)36-38(35)37-26(7-3,8-4)24-30-20(28)18-22(32-24)34-15-11-12-16-34/h17-18,38H,5-16H2,1-4H3. The van der Waals surface area contributed by atoms with Crippen molar-refractivity contribution in [2.24, 2.45) is 0 Å². The molecule has 0 N–H and O–H groups in total. The van der Waals surface area contributed by atoms with Crippen molar-refractivity contribution in [2.75, 3.05) is 36.0 Å². The third kappa shape index (κ3) is 6.28. The summed E-state index contributed by atoms with van der Waals surface area (Å²) < 4.78 is 26.2. The number of hydrogen-bond donors (Lipinski definition) is 0. The highest BCUT2D eigenvalue weighted by molar-refractivity contribution is 7.33. The summed E-state index contributed by atoms with van der Waals surface area (Å²) in [5.41, 5.74) is -2.03. The summed E-state index contributed by atoms with van der Waals surface area (Å²) in [5, 5.41) is 0.677. The van der Waals surface area contributed by atoms with E-state index in [9.17, 15) is 4.57 Å². The zero-order chi connectivity index (χ0) is 27.3. The molecule has 210 valence electrons. The van der Waals surface area contributed by atoms with Crippen molar-refractivity contribution in [3.8, 4) is 0 Å². The highest BCUT2D eigenvalue weighted by atomic mass is 35.5. The minimum Gasteiger partial charge on any atom is -0.356 e. The number of halogens is 2. The van der Waals surface area contributed by atoms with E-state index >= 15 is 0 Å². The van der Waals surface area contributed by atoms with Crippen molar-refractivity contribution in [3.05, 3.63) is 34.1 Å². The molecule has 2 aromatic heterocycles. The Kier molecular flexibility index (Phi) is 9.91. The summed E-state index contributed by atoms with van der Waals surface area (Å²) in [6.45, 7) is 11.6. The molecular weight excluding hydrogens is 546 g/mol. The number of hydrogen-bond acceptors (Lipinski definition) is 9. The van der Waals surface area contributed by atoms with Crippen LogP contribution in [0.2, 0.25) is 10.3 Å². The molecule has 0 saturated carbocycles. The van der Waals surface area contributed by atoms with Gasteiger partial charge in [-0.1, -0.05) is 50.9 Å². The van der Waals surface area contributed by atoms with Crippen LogP contribution in [-0.2, 0) is 24.8 Å². The molecular formula is C26H39Cl2N6O3P. The predicted octanol–water partition coefficient (Wildman–Crippen LogP) is 6.93. The van der Waals surface area contributed by atoms with Gasteiger partial charge < -0.3 is 9.80 Å². The minimum atomic E-state index is -3.06. The molecule has 0 bridgehead atoms. The van der Waals surface area contributed by atoms with E-state index in [0.29, 0.717) is 47.6 Å². The molecule has 0 unspecified atom stereocenters. The fraction of sp³-hybridized carbons (Fsp3) is 0.692. The summed E-state index contributed by atoms with van der Waals surface area (Å²) in [4.78, 5) is 23.1. The van der Waals surface area contributed by atoms with Crippen molar-refractivity contribution in [1.29, 1.82) is 0 Å². The summed E-state index contributed by atoms with van der Waals surface area (Å²) in [5.74, 6) is 2.39. The topological polar surface area (TPSA) is 93.6 Å². The molecule has 0 aliphatic carbocycles. The zero-order valence-electron chi connectivity index (χ0n) is 22.8. The molecule has 38 heavy (non-hydrogen) atoms. The number of nitrogens with zero attached hydrogens (tertiary/aromatic N) is 6. The van der Waals surface area contributed by atoms with E-state index in [1.54, 1.807) is 12.1 Å². The Hall–Kier alpha value is -1.51. The van der Waals surface area contributed by atoms with Gasteiger partial charge >= 0.3 is 8.25 Å². The summed E-state index contributed by atoms with van der Waals surface area (Å²) in [6, 6.07) is 3.55. The highest BCUT2D eigenvalue weighted by Crippen LogP contribution is 2.48. The average Bonchev–Trinajstić information content (AvgIpc) is 3.65. The maximum atomic E-state index is 13.7. The van der Waals surface area contributed by atoms with E-state index in [-0.39, 0.29) is 0 Å². The molecule has 0 aromatic carbocycles. The lowest BCUT2D eigenvalue weighted by atomic mass is 9.96. The second-order valence-electron chi connectivity index (χ2n) is 9.99. The van der Waals surface area contributed by atoms with Gasteiger partial charge in [0.25, 0.3) is 0 Å². The highest BCUT2D eigenvalue weighted by Gasteiger charge is 2.41. The second-order valence-corrected chi connectivity index (χ2v) is 11.7. The predicted molar refractivity (Wildman–Crippen MR) is 153 cm³/mol. The van der Waals surface area contributed by atoms with Crippen LogP contribution in [0.5, 0.6) is 0 Å². The van der Waals surface area contributed by atoms with E-state index in [1.165, 1.54) is 0 Å². The largest absolute Gasteiger partial charge is 0.356 e. The van der Waals surface area contributed by atoms with E-state index in [2.05, 4.69) is 19.8 Å². The van der Waals surface area contributed by atoms with Crippen molar-refractivity contribution in [3.63, 3.8) is 0 Å². The van der Waals surface area contributed by atoms with Gasteiger partial charge in [0.2, 0.25) is 0 Å². The van der Waals surface area contributed by atoms with Crippen LogP contribution in [0.25, 0.3) is 0 Å². The Morgan fingerprint density at radius 1 is 0.711 bits per heavy atom. The molecule has 2 fully saturated rings. The maximum absolute atomic E-state index is 13.7. The fourth-order valence-electron chi connectivity index (χ4n) is 5.29. The van der Waals surface area contributed by atoms with Crippen LogP contribution in [0.1, 0.15) is 90.7 Å². The van der Waals surface area contributed by atoms with Gasteiger partial charge in [-0.05, 0) is 51.4 Å². The maximum Gasteiger partial charge on any atom is 0.321 e. The number of anilines is 2. The molecule has 9 nitrogen and oxygen atoms in total. The van der Waals surface area contributed by atoms with Crippen LogP contribution in [0.4, 0.5) is 11.6 Å². The molecule has 0 spiro atoms. The molecule has 2 aliphatic heterocycles. The second kappa shape index (κ2) is 12.8. The van der Waals surface area contributed by atoms with Crippen molar-refractivity contribution < 1.29 is 13.6 Å².